The van der Waals surface area contributed by atoms with Gasteiger partial charge in [0.1, 0.15) is 6.42 Å². The zero-order valence-corrected chi connectivity index (χ0v) is 9.25. The van der Waals surface area contributed by atoms with Gasteiger partial charge in [-0.25, -0.2) is 0 Å². The number of anilines is 1. The summed E-state index contributed by atoms with van der Waals surface area (Å²) in [5, 5.41) is 7.69. The van der Waals surface area contributed by atoms with E-state index in [2.05, 4.69) is 20.6 Å². The van der Waals surface area contributed by atoms with E-state index in [0.717, 1.165) is 10.6 Å². The summed E-state index contributed by atoms with van der Waals surface area (Å²) in [6.07, 6.45) is -0.171. The number of benzene rings is 1. The van der Waals surface area contributed by atoms with Crippen LogP contribution in [0.4, 0.5) is 5.95 Å². The zero-order chi connectivity index (χ0) is 12.5. The fraction of sp³-hybridized carbons (Fsp3) is 0.0909. The van der Waals surface area contributed by atoms with E-state index in [4.69, 9.17) is 0 Å². The van der Waals surface area contributed by atoms with Crippen LogP contribution < -0.4 is 10.4 Å². The van der Waals surface area contributed by atoms with Crippen molar-refractivity contribution in [2.45, 2.75) is 6.42 Å². The molecule has 0 atom stereocenters. The summed E-state index contributed by atoms with van der Waals surface area (Å²) < 4.78 is 0. The molecular formula is C11H9N5O2. The molecule has 0 saturated carbocycles. The van der Waals surface area contributed by atoms with Crippen molar-refractivity contribution < 1.29 is 9.59 Å². The van der Waals surface area contributed by atoms with E-state index < -0.39 is 0 Å². The average molecular weight is 243 g/mol. The summed E-state index contributed by atoms with van der Waals surface area (Å²) in [5.41, 5.74) is 3.24. The van der Waals surface area contributed by atoms with Crippen LogP contribution in [0, 0.1) is 0 Å². The van der Waals surface area contributed by atoms with E-state index in [1.807, 2.05) is 30.3 Å². The van der Waals surface area contributed by atoms with E-state index in [0.29, 0.717) is 5.82 Å². The highest BCUT2D eigenvalue weighted by atomic mass is 16.2. The summed E-state index contributed by atoms with van der Waals surface area (Å²) in [7, 11) is 0. The van der Waals surface area contributed by atoms with Crippen molar-refractivity contribution in [3.63, 3.8) is 0 Å². The lowest BCUT2D eigenvalue weighted by molar-refractivity contribution is -0.122. The molecule has 18 heavy (non-hydrogen) atoms. The SMILES string of the molecule is O=C1CC(=O)N(c2n[nH]c(-c3ccccc3)n2)N1. The lowest BCUT2D eigenvalue weighted by Crippen LogP contribution is -2.36. The summed E-state index contributed by atoms with van der Waals surface area (Å²) in [5.74, 6) is -0.0334. The topological polar surface area (TPSA) is 91.0 Å². The fourth-order valence-electron chi connectivity index (χ4n) is 1.68. The number of carbonyl (C=O) groups excluding carboxylic acids is 2. The van der Waals surface area contributed by atoms with Gasteiger partial charge in [0.25, 0.3) is 11.9 Å². The maximum Gasteiger partial charge on any atom is 0.271 e. The molecule has 0 aliphatic carbocycles. The number of hydrogen-bond donors (Lipinski definition) is 2. The zero-order valence-electron chi connectivity index (χ0n) is 9.25. The molecule has 2 N–H and O–H groups in total. The normalized spacial score (nSPS) is 15.0. The van der Waals surface area contributed by atoms with Crippen LogP contribution in [0.15, 0.2) is 30.3 Å². The van der Waals surface area contributed by atoms with Gasteiger partial charge in [-0.2, -0.15) is 9.99 Å². The Kier molecular flexibility index (Phi) is 2.30. The lowest BCUT2D eigenvalue weighted by Gasteiger charge is -2.08. The first-order valence-corrected chi connectivity index (χ1v) is 5.34. The van der Waals surface area contributed by atoms with Crippen LogP contribution >= 0.6 is 0 Å². The minimum atomic E-state index is -0.362. The van der Waals surface area contributed by atoms with E-state index in [-0.39, 0.29) is 24.2 Å². The molecule has 0 unspecified atom stereocenters. The first kappa shape index (κ1) is 10.5. The molecule has 0 spiro atoms. The van der Waals surface area contributed by atoms with Crippen LogP contribution in [-0.4, -0.2) is 27.0 Å². The second-order valence-electron chi connectivity index (χ2n) is 3.79. The molecule has 2 aromatic rings. The fourth-order valence-corrected chi connectivity index (χ4v) is 1.68. The number of H-pyrrole nitrogens is 1. The molecule has 2 heterocycles. The van der Waals surface area contributed by atoms with E-state index >= 15 is 0 Å². The first-order chi connectivity index (χ1) is 8.74. The Balaban J connectivity index is 1.91. The molecule has 1 saturated heterocycles. The van der Waals surface area contributed by atoms with Crippen LogP contribution in [-0.2, 0) is 9.59 Å². The molecule has 1 fully saturated rings. The van der Waals surface area contributed by atoms with Crippen molar-refractivity contribution in [3.05, 3.63) is 30.3 Å². The molecule has 90 valence electrons. The third-order valence-corrected chi connectivity index (χ3v) is 2.52. The Morgan fingerprint density at radius 3 is 2.61 bits per heavy atom. The Labute approximate surface area is 102 Å². The Bertz CT molecular complexity index is 607. The Morgan fingerprint density at radius 2 is 1.94 bits per heavy atom. The number of aromatic nitrogens is 3. The molecule has 0 radical (unpaired) electrons. The summed E-state index contributed by atoms with van der Waals surface area (Å²) >= 11 is 0. The largest absolute Gasteiger partial charge is 0.273 e. The van der Waals surface area contributed by atoms with Gasteiger partial charge in [-0.05, 0) is 0 Å². The smallest absolute Gasteiger partial charge is 0.271 e. The highest BCUT2D eigenvalue weighted by Gasteiger charge is 2.30. The van der Waals surface area contributed by atoms with Crippen molar-refractivity contribution >= 4 is 17.8 Å². The standard InChI is InChI=1S/C11H9N5O2/c17-8-6-9(18)16(15-8)11-12-10(13-14-11)7-4-2-1-3-5-7/h1-5H,6H2,(H,15,17)(H,12,13,14). The second kappa shape index (κ2) is 3.95. The first-order valence-electron chi connectivity index (χ1n) is 5.34. The molecule has 7 nitrogen and oxygen atoms in total. The van der Waals surface area contributed by atoms with Crippen molar-refractivity contribution in [2.24, 2.45) is 0 Å². The molecule has 0 bridgehead atoms. The predicted molar refractivity (Wildman–Crippen MR) is 62.1 cm³/mol. The second-order valence-corrected chi connectivity index (χ2v) is 3.79. The summed E-state index contributed by atoms with van der Waals surface area (Å²) in [6.45, 7) is 0. The molecule has 7 heteroatoms. The predicted octanol–water partition coefficient (Wildman–Crippen LogP) is 0.240. The average Bonchev–Trinajstić information content (AvgIpc) is 2.97. The van der Waals surface area contributed by atoms with Crippen LogP contribution in [0.5, 0.6) is 0 Å². The number of rotatable bonds is 2. The van der Waals surface area contributed by atoms with Crippen LogP contribution in [0.25, 0.3) is 11.4 Å². The molecule has 1 aromatic heterocycles. The monoisotopic (exact) mass is 243 g/mol. The number of nitrogens with zero attached hydrogens (tertiary/aromatic N) is 3. The van der Waals surface area contributed by atoms with Crippen molar-refractivity contribution in [1.82, 2.24) is 20.6 Å². The van der Waals surface area contributed by atoms with E-state index in [1.165, 1.54) is 0 Å². The maximum atomic E-state index is 11.5. The number of aromatic amines is 1. The molecule has 2 amide bonds. The Hall–Kier alpha value is -2.70. The highest BCUT2D eigenvalue weighted by molar-refractivity contribution is 6.11. The summed E-state index contributed by atoms with van der Waals surface area (Å²) in [6, 6.07) is 9.38. The number of nitrogens with one attached hydrogen (secondary N) is 2. The highest BCUT2D eigenvalue weighted by Crippen LogP contribution is 2.18. The van der Waals surface area contributed by atoms with Gasteiger partial charge in [0.2, 0.25) is 5.91 Å². The molecule has 1 aromatic carbocycles. The maximum absolute atomic E-state index is 11.5. The minimum absolute atomic E-state index is 0.143. The third-order valence-electron chi connectivity index (χ3n) is 2.52. The third kappa shape index (κ3) is 1.71. The number of amides is 2. The van der Waals surface area contributed by atoms with Gasteiger partial charge in [-0.15, -0.1) is 5.10 Å². The van der Waals surface area contributed by atoms with Gasteiger partial charge in [-0.3, -0.25) is 20.1 Å². The van der Waals surface area contributed by atoms with Gasteiger partial charge >= 0.3 is 0 Å². The van der Waals surface area contributed by atoms with Crippen molar-refractivity contribution in [1.29, 1.82) is 0 Å². The molecule has 1 aliphatic rings. The number of carbonyl (C=O) groups is 2. The quantitative estimate of drug-likeness (QED) is 0.739. The van der Waals surface area contributed by atoms with Crippen molar-refractivity contribution in [3.8, 4) is 11.4 Å². The van der Waals surface area contributed by atoms with Crippen molar-refractivity contribution in [2.75, 3.05) is 5.01 Å². The van der Waals surface area contributed by atoms with E-state index in [1.54, 1.807) is 0 Å². The molecule has 1 aliphatic heterocycles. The van der Waals surface area contributed by atoms with Gasteiger partial charge in [0.15, 0.2) is 5.82 Å². The van der Waals surface area contributed by atoms with Gasteiger partial charge in [-0.1, -0.05) is 30.3 Å². The summed E-state index contributed by atoms with van der Waals surface area (Å²) in [4.78, 5) is 26.7. The van der Waals surface area contributed by atoms with Crippen LogP contribution in [0.2, 0.25) is 0 Å². The minimum Gasteiger partial charge on any atom is -0.273 e. The van der Waals surface area contributed by atoms with Crippen LogP contribution in [0.1, 0.15) is 6.42 Å². The van der Waals surface area contributed by atoms with Crippen LogP contribution in [0.3, 0.4) is 0 Å². The van der Waals surface area contributed by atoms with Gasteiger partial charge < -0.3 is 0 Å². The van der Waals surface area contributed by atoms with E-state index in [9.17, 15) is 9.59 Å². The Morgan fingerprint density at radius 1 is 1.17 bits per heavy atom. The number of hydrogen-bond acceptors (Lipinski definition) is 4. The van der Waals surface area contributed by atoms with Gasteiger partial charge in [0.05, 0.1) is 0 Å². The van der Waals surface area contributed by atoms with Gasteiger partial charge in [0, 0.05) is 5.56 Å². The number of hydrazine groups is 1. The molecule has 3 rings (SSSR count). The lowest BCUT2D eigenvalue weighted by atomic mass is 10.2. The molecular weight excluding hydrogens is 234 g/mol.